The third-order valence-corrected chi connectivity index (χ3v) is 4.62. The number of Topliss-reactive ketones (excluding diaryl/α,β-unsaturated/α-hetero) is 1. The van der Waals surface area contributed by atoms with Gasteiger partial charge in [0, 0.05) is 23.7 Å². The van der Waals surface area contributed by atoms with Crippen LogP contribution in [0.4, 0.5) is 24.5 Å². The van der Waals surface area contributed by atoms with Crippen LogP contribution in [0.25, 0.3) is 0 Å². The van der Waals surface area contributed by atoms with E-state index in [0.29, 0.717) is 24.2 Å². The van der Waals surface area contributed by atoms with Crippen molar-refractivity contribution in [2.75, 3.05) is 16.8 Å². The molecule has 0 radical (unpaired) electrons. The van der Waals surface area contributed by atoms with Crippen molar-refractivity contribution in [2.45, 2.75) is 39.2 Å². The molecule has 0 aromatic heterocycles. The van der Waals surface area contributed by atoms with Gasteiger partial charge in [-0.3, -0.25) is 19.3 Å². The molecule has 3 rings (SSSR count). The van der Waals surface area contributed by atoms with E-state index in [1.165, 1.54) is 30.0 Å². The minimum absolute atomic E-state index is 0.0672. The second kappa shape index (κ2) is 9.29. The zero-order valence-electron chi connectivity index (χ0n) is 17.4. The van der Waals surface area contributed by atoms with Gasteiger partial charge in [-0.25, -0.2) is 0 Å². The maximum Gasteiger partial charge on any atom is 0.573 e. The number of anilines is 2. The van der Waals surface area contributed by atoms with Crippen molar-refractivity contribution in [2.24, 2.45) is 0 Å². The van der Waals surface area contributed by atoms with Crippen molar-refractivity contribution in [3.63, 3.8) is 0 Å². The van der Waals surface area contributed by atoms with E-state index in [9.17, 15) is 27.6 Å². The van der Waals surface area contributed by atoms with E-state index in [4.69, 9.17) is 4.74 Å². The molecule has 0 spiro atoms. The maximum absolute atomic E-state index is 12.7. The Bertz CT molecular complexity index is 1040. The average Bonchev–Trinajstić information content (AvgIpc) is 2.70. The number of carbonyl (C=O) groups excluding carboxylic acids is 3. The fraction of sp³-hybridized carbons (Fsp3) is 0.318. The predicted molar refractivity (Wildman–Crippen MR) is 110 cm³/mol. The van der Waals surface area contributed by atoms with Crippen LogP contribution in [-0.2, 0) is 9.59 Å². The number of nitrogens with zero attached hydrogens (tertiary/aromatic N) is 1. The molecule has 170 valence electrons. The molecule has 1 heterocycles. The van der Waals surface area contributed by atoms with Gasteiger partial charge in [0.2, 0.25) is 5.91 Å². The molecular weight excluding hydrogens is 429 g/mol. The number of benzene rings is 2. The third-order valence-electron chi connectivity index (χ3n) is 4.62. The molecule has 10 heteroatoms. The second-order valence-electron chi connectivity index (χ2n) is 7.16. The maximum atomic E-state index is 12.7. The van der Waals surface area contributed by atoms with Gasteiger partial charge in [-0.1, -0.05) is 13.0 Å². The summed E-state index contributed by atoms with van der Waals surface area (Å²) in [6.07, 6.45) is -4.72. The Hall–Kier alpha value is -3.56. The van der Waals surface area contributed by atoms with Crippen LogP contribution >= 0.6 is 0 Å². The molecule has 7 nitrogen and oxygen atoms in total. The van der Waals surface area contributed by atoms with Crippen molar-refractivity contribution < 1.29 is 37.0 Å². The minimum Gasteiger partial charge on any atom is -0.479 e. The van der Waals surface area contributed by atoms with Crippen LogP contribution in [0.3, 0.4) is 0 Å². The molecule has 2 aromatic rings. The molecule has 1 N–H and O–H groups in total. The molecule has 1 aliphatic heterocycles. The number of fused-ring (bicyclic) bond motifs is 1. The summed E-state index contributed by atoms with van der Waals surface area (Å²) < 4.78 is 46.7. The zero-order valence-corrected chi connectivity index (χ0v) is 17.4. The monoisotopic (exact) mass is 450 g/mol. The normalized spacial score (nSPS) is 15.6. The first-order chi connectivity index (χ1) is 15.1. The second-order valence-corrected chi connectivity index (χ2v) is 7.16. The lowest BCUT2D eigenvalue weighted by Crippen LogP contribution is -2.47. The molecule has 32 heavy (non-hydrogen) atoms. The zero-order chi connectivity index (χ0) is 23.5. The molecular formula is C22H21F3N2O5. The lowest BCUT2D eigenvalue weighted by Gasteiger charge is -2.32. The summed E-state index contributed by atoms with van der Waals surface area (Å²) in [6, 6.07) is 9.47. The van der Waals surface area contributed by atoms with E-state index in [1.54, 1.807) is 12.1 Å². The molecule has 2 amide bonds. The van der Waals surface area contributed by atoms with Crippen molar-refractivity contribution in [1.29, 1.82) is 0 Å². The first kappa shape index (κ1) is 23.1. The summed E-state index contributed by atoms with van der Waals surface area (Å²) in [5.74, 6) is -1.38. The fourth-order valence-electron chi connectivity index (χ4n) is 3.23. The highest BCUT2D eigenvalue weighted by Crippen LogP contribution is 2.35. The Kier molecular flexibility index (Phi) is 6.71. The van der Waals surface area contributed by atoms with Crippen LogP contribution < -0.4 is 19.7 Å². The number of hydrogen-bond donors (Lipinski definition) is 1. The number of nitrogens with one attached hydrogen (secondary N) is 1. The van der Waals surface area contributed by atoms with Gasteiger partial charge in [0.15, 0.2) is 11.9 Å². The van der Waals surface area contributed by atoms with Gasteiger partial charge >= 0.3 is 6.36 Å². The Labute approximate surface area is 182 Å². The van der Waals surface area contributed by atoms with Crippen LogP contribution in [0.2, 0.25) is 0 Å². The number of carbonyl (C=O) groups is 3. The number of alkyl halides is 3. The standard InChI is InChI=1S/C22H21F3N2O5/c1-3-5-18(28)14-8-9-19-17(10-14)27(21(30)13(2)31-19)12-20(29)26-15-6-4-7-16(11-15)32-22(23,24)25/h4,6-11,13H,3,5,12H2,1-2H3,(H,26,29). The lowest BCUT2D eigenvalue weighted by atomic mass is 10.0. The SMILES string of the molecule is CCCC(=O)c1ccc2c(c1)N(CC(=O)Nc1cccc(OC(F)(F)F)c1)C(=O)C(C)O2. The molecule has 0 saturated carbocycles. The van der Waals surface area contributed by atoms with Crippen LogP contribution in [0, 0.1) is 0 Å². The summed E-state index contributed by atoms with van der Waals surface area (Å²) in [5.41, 5.74) is 0.732. The van der Waals surface area contributed by atoms with Gasteiger partial charge < -0.3 is 14.8 Å². The Morgan fingerprint density at radius 3 is 2.62 bits per heavy atom. The van der Waals surface area contributed by atoms with E-state index in [-0.39, 0.29) is 17.2 Å². The number of halogens is 3. The highest BCUT2D eigenvalue weighted by molar-refractivity contribution is 6.07. The highest BCUT2D eigenvalue weighted by Gasteiger charge is 2.34. The van der Waals surface area contributed by atoms with E-state index >= 15 is 0 Å². The Morgan fingerprint density at radius 2 is 1.94 bits per heavy atom. The molecule has 2 aromatic carbocycles. The Morgan fingerprint density at radius 1 is 1.19 bits per heavy atom. The fourth-order valence-corrected chi connectivity index (χ4v) is 3.23. The van der Waals surface area contributed by atoms with E-state index < -0.39 is 36.6 Å². The molecule has 0 bridgehead atoms. The van der Waals surface area contributed by atoms with Crippen molar-refractivity contribution >= 4 is 29.0 Å². The van der Waals surface area contributed by atoms with Gasteiger partial charge in [-0.2, -0.15) is 0 Å². The minimum atomic E-state index is -4.87. The number of rotatable bonds is 7. The van der Waals surface area contributed by atoms with Gasteiger partial charge in [0.05, 0.1) is 5.69 Å². The molecule has 1 aliphatic rings. The quantitative estimate of drug-likeness (QED) is 0.635. The molecule has 1 atom stereocenters. The molecule has 0 aliphatic carbocycles. The van der Waals surface area contributed by atoms with Crippen LogP contribution in [0.1, 0.15) is 37.0 Å². The Balaban J connectivity index is 1.80. The van der Waals surface area contributed by atoms with E-state index in [1.807, 2.05) is 6.92 Å². The molecule has 1 unspecified atom stereocenters. The van der Waals surface area contributed by atoms with Gasteiger partial charge in [-0.05, 0) is 43.7 Å². The number of amides is 2. The predicted octanol–water partition coefficient (Wildman–Crippen LogP) is 4.32. The highest BCUT2D eigenvalue weighted by atomic mass is 19.4. The average molecular weight is 450 g/mol. The van der Waals surface area contributed by atoms with Gasteiger partial charge in [0.1, 0.15) is 18.0 Å². The van der Waals surface area contributed by atoms with Crippen LogP contribution in [0.15, 0.2) is 42.5 Å². The van der Waals surface area contributed by atoms with Crippen molar-refractivity contribution in [3.05, 3.63) is 48.0 Å². The summed E-state index contributed by atoms with van der Waals surface area (Å²) in [6.45, 7) is 2.98. The summed E-state index contributed by atoms with van der Waals surface area (Å²) in [7, 11) is 0. The summed E-state index contributed by atoms with van der Waals surface area (Å²) in [4.78, 5) is 38.7. The van der Waals surface area contributed by atoms with Gasteiger partial charge in [0.25, 0.3) is 5.91 Å². The van der Waals surface area contributed by atoms with Gasteiger partial charge in [-0.15, -0.1) is 13.2 Å². The summed E-state index contributed by atoms with van der Waals surface area (Å²) in [5, 5.41) is 2.45. The lowest BCUT2D eigenvalue weighted by molar-refractivity contribution is -0.274. The first-order valence-electron chi connectivity index (χ1n) is 9.88. The topological polar surface area (TPSA) is 84.9 Å². The third kappa shape index (κ3) is 5.57. The largest absolute Gasteiger partial charge is 0.573 e. The first-order valence-corrected chi connectivity index (χ1v) is 9.88. The van der Waals surface area contributed by atoms with Crippen molar-refractivity contribution in [1.82, 2.24) is 0 Å². The van der Waals surface area contributed by atoms with Crippen molar-refractivity contribution in [3.8, 4) is 11.5 Å². The van der Waals surface area contributed by atoms with Crippen LogP contribution in [0.5, 0.6) is 11.5 Å². The smallest absolute Gasteiger partial charge is 0.479 e. The van der Waals surface area contributed by atoms with E-state index in [2.05, 4.69) is 10.1 Å². The summed E-state index contributed by atoms with van der Waals surface area (Å²) >= 11 is 0. The number of ketones is 1. The molecule has 0 saturated heterocycles. The van der Waals surface area contributed by atoms with Crippen LogP contribution in [-0.4, -0.2) is 36.6 Å². The molecule has 0 fully saturated rings. The number of hydrogen-bond acceptors (Lipinski definition) is 5. The van der Waals surface area contributed by atoms with E-state index in [0.717, 1.165) is 12.1 Å². The number of ether oxygens (including phenoxy) is 2.